The molecule has 62 heavy (non-hydrogen) atoms. The summed E-state index contributed by atoms with van der Waals surface area (Å²) < 4.78 is 6.29. The van der Waals surface area contributed by atoms with Crippen LogP contribution < -0.4 is 4.74 Å². The first kappa shape index (κ1) is 40.3. The minimum atomic E-state index is -1.19. The number of carbonyl (C=O) groups excluding carboxylic acids is 2. The predicted molar refractivity (Wildman–Crippen MR) is 244 cm³/mol. The van der Waals surface area contributed by atoms with Crippen molar-refractivity contribution >= 4 is 22.6 Å². The molecule has 11 atom stereocenters. The highest BCUT2D eigenvalue weighted by Gasteiger charge is 2.74. The molecule has 0 aliphatic heterocycles. The van der Waals surface area contributed by atoms with E-state index in [2.05, 4.69) is 76.3 Å². The third-order valence-corrected chi connectivity index (χ3v) is 19.3. The Bertz CT molecular complexity index is 2510. The van der Waals surface area contributed by atoms with Gasteiger partial charge in [0.2, 0.25) is 0 Å². The molecule has 6 nitrogen and oxygen atoms in total. The quantitative estimate of drug-likeness (QED) is 0.136. The highest BCUT2D eigenvalue weighted by Crippen LogP contribution is 2.78. The molecule has 0 saturated heterocycles. The predicted octanol–water partition coefficient (Wildman–Crippen LogP) is 11.9. The number of ketones is 1. The van der Waals surface area contributed by atoms with Crippen LogP contribution in [0.25, 0.3) is 21.9 Å². The number of hydrogen-bond donors (Lipinski definition) is 2. The molecule has 6 heteroatoms. The van der Waals surface area contributed by atoms with E-state index in [9.17, 15) is 15.0 Å². The zero-order chi connectivity index (χ0) is 42.9. The van der Waals surface area contributed by atoms with Gasteiger partial charge in [-0.1, -0.05) is 131 Å². The molecule has 2 spiro atoms. The lowest BCUT2D eigenvalue weighted by Crippen LogP contribution is -2.67. The fourth-order valence-corrected chi connectivity index (χ4v) is 15.6. The summed E-state index contributed by atoms with van der Waals surface area (Å²) in [5.41, 5.74) is 1.06. The maximum absolute atomic E-state index is 15.3. The average molecular weight is 830 g/mol. The molecule has 0 aromatic heterocycles. The van der Waals surface area contributed by atoms with Crippen molar-refractivity contribution in [3.8, 4) is 16.9 Å². The molecule has 9 aliphatic rings. The van der Waals surface area contributed by atoms with Gasteiger partial charge in [-0.25, -0.2) is 4.79 Å². The SMILES string of the molecule is CC1(C)C2CCC(CN(CC3(O)CCC4C56C=CC7(C=C5C(=O)c5ccc(-c8ccccc8)cc5)CC(O)CCC7(C)C6CCC43C)C(=O)Oc3ccc4ccccc4c3)C1C2. The van der Waals surface area contributed by atoms with E-state index in [1.807, 2.05) is 71.6 Å². The van der Waals surface area contributed by atoms with Crippen LogP contribution in [0.2, 0.25) is 0 Å². The van der Waals surface area contributed by atoms with Gasteiger partial charge in [-0.15, -0.1) is 0 Å². The van der Waals surface area contributed by atoms with Crippen LogP contribution in [-0.4, -0.2) is 51.8 Å². The van der Waals surface area contributed by atoms with Gasteiger partial charge >= 0.3 is 6.09 Å². The van der Waals surface area contributed by atoms with Crippen LogP contribution >= 0.6 is 0 Å². The molecule has 6 fully saturated rings. The van der Waals surface area contributed by atoms with E-state index in [0.717, 1.165) is 71.9 Å². The minimum Gasteiger partial charge on any atom is -0.410 e. The molecule has 2 N–H and O–H groups in total. The maximum atomic E-state index is 15.3. The lowest BCUT2D eigenvalue weighted by Gasteiger charge is -2.71. The number of carbonyl (C=O) groups is 2. The fourth-order valence-electron chi connectivity index (χ4n) is 15.6. The second kappa shape index (κ2) is 14.0. The van der Waals surface area contributed by atoms with Gasteiger partial charge in [0.25, 0.3) is 0 Å². The number of rotatable bonds is 8. The van der Waals surface area contributed by atoms with Crippen molar-refractivity contribution in [3.63, 3.8) is 0 Å². The lowest BCUT2D eigenvalue weighted by molar-refractivity contribution is -0.176. The molecule has 4 bridgehead atoms. The Morgan fingerprint density at radius 2 is 1.44 bits per heavy atom. The smallest absolute Gasteiger partial charge is 0.410 e. The van der Waals surface area contributed by atoms with E-state index >= 15 is 4.79 Å². The zero-order valence-electron chi connectivity index (χ0n) is 37.0. The van der Waals surface area contributed by atoms with E-state index in [4.69, 9.17) is 4.74 Å². The highest BCUT2D eigenvalue weighted by atomic mass is 16.6. The molecule has 0 heterocycles. The molecule has 6 saturated carbocycles. The number of amides is 1. The van der Waals surface area contributed by atoms with Crippen molar-refractivity contribution in [2.24, 2.45) is 56.7 Å². The molecule has 4 aromatic carbocycles. The van der Waals surface area contributed by atoms with Crippen LogP contribution in [0, 0.1) is 56.7 Å². The number of fused-ring (bicyclic) bond motifs is 4. The number of aliphatic hydroxyl groups is 2. The van der Waals surface area contributed by atoms with Gasteiger partial charge in [0.05, 0.1) is 18.2 Å². The normalized spacial score (nSPS) is 38.3. The van der Waals surface area contributed by atoms with Gasteiger partial charge < -0.3 is 19.8 Å². The van der Waals surface area contributed by atoms with Crippen LogP contribution in [0.15, 0.2) is 121 Å². The Labute approximate surface area is 367 Å². The van der Waals surface area contributed by atoms with Crippen LogP contribution in [0.3, 0.4) is 0 Å². The number of nitrogens with zero attached hydrogens (tertiary/aromatic N) is 1. The number of ether oxygens (including phenoxy) is 1. The molecule has 11 unspecified atom stereocenters. The zero-order valence-corrected chi connectivity index (χ0v) is 37.0. The summed E-state index contributed by atoms with van der Waals surface area (Å²) in [4.78, 5) is 31.9. The molecule has 1 amide bonds. The standard InChI is InChI=1S/C56H63NO5/c1-51(2)42-20-18-41(45(51)31-42)34-57(50(60)62-44-21-19-37-12-8-9-13-40(37)30-44)35-55(61)27-24-48-53(55,4)26-23-47-52(3)25-22-43(58)32-54(52)28-29-56(47,48)46(33-54)49(59)39-16-14-38(15-17-39)36-10-6-5-7-11-36/h5-17,19,21,28-30,33,41-43,45,47-48,58,61H,18,20,22-27,31-32,34-35H2,1-4H3. The van der Waals surface area contributed by atoms with Crippen LogP contribution in [-0.2, 0) is 0 Å². The Kier molecular flexibility index (Phi) is 9.09. The number of hydrogen-bond acceptors (Lipinski definition) is 5. The van der Waals surface area contributed by atoms with Crippen LogP contribution in [0.1, 0.15) is 102 Å². The van der Waals surface area contributed by atoms with E-state index < -0.39 is 34.0 Å². The average Bonchev–Trinajstić information content (AvgIpc) is 3.55. The third-order valence-electron chi connectivity index (χ3n) is 19.3. The lowest BCUT2D eigenvalue weighted by atomic mass is 9.32. The maximum Gasteiger partial charge on any atom is 0.415 e. The molecule has 13 rings (SSSR count). The number of allylic oxidation sites excluding steroid dienone is 4. The summed E-state index contributed by atoms with van der Waals surface area (Å²) in [6.07, 6.45) is 15.0. The molecular formula is C56H63NO5. The summed E-state index contributed by atoms with van der Waals surface area (Å²) in [6, 6.07) is 32.3. The van der Waals surface area contributed by atoms with Crippen molar-refractivity contribution in [1.29, 1.82) is 0 Å². The van der Waals surface area contributed by atoms with Gasteiger partial charge in [0, 0.05) is 33.9 Å². The van der Waals surface area contributed by atoms with Gasteiger partial charge in [0.15, 0.2) is 5.78 Å². The molecule has 0 radical (unpaired) electrons. The van der Waals surface area contributed by atoms with Gasteiger partial charge in [-0.2, -0.15) is 0 Å². The largest absolute Gasteiger partial charge is 0.415 e. The van der Waals surface area contributed by atoms with Crippen LogP contribution in [0.5, 0.6) is 5.75 Å². The van der Waals surface area contributed by atoms with E-state index in [1.165, 1.54) is 12.8 Å². The third kappa shape index (κ3) is 5.67. The summed E-state index contributed by atoms with van der Waals surface area (Å²) in [6.45, 7) is 10.3. The fraction of sp³-hybridized carbons (Fsp3) is 0.500. The Morgan fingerprint density at radius 1 is 0.742 bits per heavy atom. The Balaban J connectivity index is 0.953. The first-order chi connectivity index (χ1) is 29.7. The monoisotopic (exact) mass is 829 g/mol. The second-order valence-electron chi connectivity index (χ2n) is 22.0. The molecular weight excluding hydrogens is 767 g/mol. The Morgan fingerprint density at radius 3 is 2.19 bits per heavy atom. The minimum absolute atomic E-state index is 0.0184. The van der Waals surface area contributed by atoms with E-state index in [0.29, 0.717) is 42.5 Å². The van der Waals surface area contributed by atoms with Gasteiger partial charge in [-0.05, 0) is 139 Å². The molecule has 9 aliphatic carbocycles. The van der Waals surface area contributed by atoms with Crippen molar-refractivity contribution in [2.75, 3.05) is 13.1 Å². The highest BCUT2D eigenvalue weighted by molar-refractivity contribution is 6.10. The number of benzene rings is 4. The topological polar surface area (TPSA) is 87.1 Å². The first-order valence-corrected chi connectivity index (χ1v) is 23.7. The van der Waals surface area contributed by atoms with Gasteiger partial charge in [-0.3, -0.25) is 4.79 Å². The van der Waals surface area contributed by atoms with Crippen molar-refractivity contribution < 1.29 is 24.5 Å². The van der Waals surface area contributed by atoms with Crippen molar-refractivity contribution in [2.45, 2.75) is 104 Å². The van der Waals surface area contributed by atoms with E-state index in [1.54, 1.807) is 0 Å². The molecule has 4 aromatic rings. The summed E-state index contributed by atoms with van der Waals surface area (Å²) in [5.74, 6) is 2.37. The number of Topliss-reactive ketones (excluding diaryl/α,β-unsaturated/α-hetero) is 1. The van der Waals surface area contributed by atoms with Gasteiger partial charge in [0.1, 0.15) is 5.75 Å². The summed E-state index contributed by atoms with van der Waals surface area (Å²) >= 11 is 0. The Hall–Kier alpha value is -4.52. The summed E-state index contributed by atoms with van der Waals surface area (Å²) in [7, 11) is 0. The van der Waals surface area contributed by atoms with Crippen LogP contribution in [0.4, 0.5) is 4.79 Å². The number of aliphatic hydroxyl groups excluding tert-OH is 1. The van der Waals surface area contributed by atoms with Crippen molar-refractivity contribution in [1.82, 2.24) is 4.90 Å². The summed E-state index contributed by atoms with van der Waals surface area (Å²) in [5, 5.41) is 26.8. The van der Waals surface area contributed by atoms with E-state index in [-0.39, 0.29) is 35.0 Å². The molecule has 322 valence electrons. The first-order valence-electron chi connectivity index (χ1n) is 23.7. The van der Waals surface area contributed by atoms with Crippen molar-refractivity contribution in [3.05, 3.63) is 126 Å². The second-order valence-corrected chi connectivity index (χ2v) is 22.0.